The molecule has 1 aromatic carbocycles. The molecule has 0 aromatic heterocycles. The van der Waals surface area contributed by atoms with Gasteiger partial charge in [-0.15, -0.1) is 0 Å². The maximum atomic E-state index is 11.8. The van der Waals surface area contributed by atoms with Crippen LogP contribution < -0.4 is 0 Å². The summed E-state index contributed by atoms with van der Waals surface area (Å²) < 4.78 is 27.6. The third kappa shape index (κ3) is 4.24. The number of carbonyl (C=O) groups is 1. The van der Waals surface area contributed by atoms with E-state index in [1.54, 1.807) is 0 Å². The van der Waals surface area contributed by atoms with E-state index in [9.17, 15) is 13.2 Å². The maximum absolute atomic E-state index is 11.8. The molecule has 0 fully saturated rings. The first-order chi connectivity index (χ1) is 8.64. The lowest BCUT2D eigenvalue weighted by Crippen LogP contribution is -2.12. The van der Waals surface area contributed by atoms with Gasteiger partial charge in [0.05, 0.1) is 22.2 Å². The molecule has 1 aromatic rings. The highest BCUT2D eigenvalue weighted by atomic mass is 35.7. The van der Waals surface area contributed by atoms with Crippen LogP contribution in [-0.2, 0) is 13.8 Å². The summed E-state index contributed by atoms with van der Waals surface area (Å²) >= 11 is 11.7. The summed E-state index contributed by atoms with van der Waals surface area (Å²) in [5.74, 6) is -0.660. The molecule has 106 valence electrons. The van der Waals surface area contributed by atoms with Crippen molar-refractivity contribution in [3.63, 3.8) is 0 Å². The van der Waals surface area contributed by atoms with Crippen LogP contribution in [0.4, 0.5) is 0 Å². The molecule has 0 heterocycles. The van der Waals surface area contributed by atoms with Crippen LogP contribution in [0.5, 0.6) is 0 Å². The average molecular weight is 346 g/mol. The van der Waals surface area contributed by atoms with Crippen LogP contribution in [0.3, 0.4) is 0 Å². The molecule has 0 aliphatic heterocycles. The van der Waals surface area contributed by atoms with E-state index in [2.05, 4.69) is 0 Å². The van der Waals surface area contributed by atoms with Crippen LogP contribution in [0.15, 0.2) is 17.0 Å². The molecule has 1 rings (SSSR count). The molecule has 8 heteroatoms. The molecule has 0 aliphatic rings. The Morgan fingerprint density at radius 1 is 1.32 bits per heavy atom. The first kappa shape index (κ1) is 16.6. The topological polar surface area (TPSA) is 60.4 Å². The number of hydrogen-bond donors (Lipinski definition) is 0. The fourth-order valence-corrected chi connectivity index (χ4v) is 3.10. The van der Waals surface area contributed by atoms with E-state index in [0.717, 1.165) is 6.07 Å². The normalized spacial score (nSPS) is 11.7. The standard InChI is InChI=1S/C11H11Cl3O4S/c1-6(2)5-18-11(15)9-7(12)3-4-8(10(9)13)19(14,16)17/h3-4,6H,5H2,1-2H3. The van der Waals surface area contributed by atoms with Crippen molar-refractivity contribution >= 4 is 48.9 Å². The molecule has 0 spiro atoms. The first-order valence-corrected chi connectivity index (χ1v) is 8.31. The Labute approximate surface area is 126 Å². The zero-order valence-electron chi connectivity index (χ0n) is 10.1. The molecule has 0 bridgehead atoms. The Morgan fingerprint density at radius 3 is 2.37 bits per heavy atom. The third-order valence-corrected chi connectivity index (χ3v) is 4.25. The van der Waals surface area contributed by atoms with Crippen molar-refractivity contribution in [2.45, 2.75) is 18.7 Å². The minimum atomic E-state index is -4.06. The van der Waals surface area contributed by atoms with Gasteiger partial charge in [0.15, 0.2) is 0 Å². The lowest BCUT2D eigenvalue weighted by atomic mass is 10.2. The van der Waals surface area contributed by atoms with Gasteiger partial charge in [0.1, 0.15) is 4.90 Å². The van der Waals surface area contributed by atoms with Crippen LogP contribution in [0.2, 0.25) is 10.0 Å². The van der Waals surface area contributed by atoms with Gasteiger partial charge >= 0.3 is 5.97 Å². The molecule has 0 saturated heterocycles. The van der Waals surface area contributed by atoms with E-state index in [1.165, 1.54) is 6.07 Å². The highest BCUT2D eigenvalue weighted by Crippen LogP contribution is 2.33. The third-order valence-electron chi connectivity index (χ3n) is 2.07. The van der Waals surface area contributed by atoms with E-state index in [-0.39, 0.29) is 33.0 Å². The predicted octanol–water partition coefficient (Wildman–Crippen LogP) is 3.73. The highest BCUT2D eigenvalue weighted by Gasteiger charge is 2.24. The van der Waals surface area contributed by atoms with E-state index in [1.807, 2.05) is 13.8 Å². The van der Waals surface area contributed by atoms with Gasteiger partial charge in [0, 0.05) is 10.7 Å². The van der Waals surface area contributed by atoms with Gasteiger partial charge < -0.3 is 4.74 Å². The van der Waals surface area contributed by atoms with Crippen molar-refractivity contribution < 1.29 is 17.9 Å². The van der Waals surface area contributed by atoms with E-state index in [4.69, 9.17) is 38.6 Å². The van der Waals surface area contributed by atoms with Gasteiger partial charge in [-0.2, -0.15) is 0 Å². The molecule has 0 amide bonds. The molecule has 4 nitrogen and oxygen atoms in total. The number of hydrogen-bond acceptors (Lipinski definition) is 4. The van der Waals surface area contributed by atoms with Gasteiger partial charge in [0.2, 0.25) is 0 Å². The molecular formula is C11H11Cl3O4S. The second kappa shape index (κ2) is 6.31. The zero-order valence-corrected chi connectivity index (χ0v) is 13.2. The summed E-state index contributed by atoms with van der Waals surface area (Å²) in [6, 6.07) is 2.36. The Kier molecular flexibility index (Phi) is 5.50. The molecular weight excluding hydrogens is 335 g/mol. The smallest absolute Gasteiger partial charge is 0.341 e. The van der Waals surface area contributed by atoms with Gasteiger partial charge in [-0.3, -0.25) is 0 Å². The lowest BCUT2D eigenvalue weighted by Gasteiger charge is -2.11. The molecule has 0 aliphatic carbocycles. The minimum Gasteiger partial charge on any atom is -0.462 e. The molecule has 0 radical (unpaired) electrons. The van der Waals surface area contributed by atoms with Crippen LogP contribution >= 0.6 is 33.9 Å². The zero-order chi connectivity index (χ0) is 14.8. The summed E-state index contributed by atoms with van der Waals surface area (Å²) in [4.78, 5) is 11.5. The molecule has 19 heavy (non-hydrogen) atoms. The number of carbonyl (C=O) groups excluding carboxylic acids is 1. The Hall–Kier alpha value is -0.490. The van der Waals surface area contributed by atoms with Crippen molar-refractivity contribution in [1.82, 2.24) is 0 Å². The van der Waals surface area contributed by atoms with E-state index < -0.39 is 15.0 Å². The van der Waals surface area contributed by atoms with E-state index in [0.29, 0.717) is 0 Å². The van der Waals surface area contributed by atoms with E-state index >= 15 is 0 Å². The Morgan fingerprint density at radius 2 is 1.89 bits per heavy atom. The lowest BCUT2D eigenvalue weighted by molar-refractivity contribution is 0.0459. The van der Waals surface area contributed by atoms with Gasteiger partial charge in [-0.25, -0.2) is 13.2 Å². The minimum absolute atomic E-state index is 0.00261. The SMILES string of the molecule is CC(C)COC(=O)c1c(Cl)ccc(S(=O)(=O)Cl)c1Cl. The van der Waals surface area contributed by atoms with Crippen molar-refractivity contribution in [1.29, 1.82) is 0 Å². The summed E-state index contributed by atoms with van der Waals surface area (Å²) in [6.45, 7) is 3.88. The summed E-state index contributed by atoms with van der Waals surface area (Å²) in [7, 11) is 1.15. The van der Waals surface area contributed by atoms with Gasteiger partial charge in [-0.05, 0) is 18.1 Å². The van der Waals surface area contributed by atoms with Crippen molar-refractivity contribution in [2.24, 2.45) is 5.92 Å². The fraction of sp³-hybridized carbons (Fsp3) is 0.364. The van der Waals surface area contributed by atoms with Crippen molar-refractivity contribution in [3.05, 3.63) is 27.7 Å². The first-order valence-electron chi connectivity index (χ1n) is 5.24. The maximum Gasteiger partial charge on any atom is 0.341 e. The largest absolute Gasteiger partial charge is 0.462 e. The molecule has 0 unspecified atom stereocenters. The second-order valence-corrected chi connectivity index (χ2v) is 7.48. The Balaban J connectivity index is 3.24. The van der Waals surface area contributed by atoms with Crippen molar-refractivity contribution in [2.75, 3.05) is 6.61 Å². The molecule has 0 N–H and O–H groups in total. The number of esters is 1. The Bertz CT molecular complexity index is 596. The number of benzene rings is 1. The van der Waals surface area contributed by atoms with Gasteiger partial charge in [-0.1, -0.05) is 37.0 Å². The monoisotopic (exact) mass is 344 g/mol. The quantitative estimate of drug-likeness (QED) is 0.616. The second-order valence-electron chi connectivity index (χ2n) is 4.16. The molecule has 0 saturated carbocycles. The summed E-state index contributed by atoms with van der Waals surface area (Å²) in [5, 5.41) is -0.334. The van der Waals surface area contributed by atoms with Crippen LogP contribution in [0.1, 0.15) is 24.2 Å². The highest BCUT2D eigenvalue weighted by molar-refractivity contribution is 8.13. The number of halogens is 3. The number of ether oxygens (including phenoxy) is 1. The van der Waals surface area contributed by atoms with Crippen LogP contribution in [0, 0.1) is 5.92 Å². The summed E-state index contributed by atoms with van der Waals surface area (Å²) in [6.07, 6.45) is 0. The molecule has 0 atom stereocenters. The predicted molar refractivity (Wildman–Crippen MR) is 74.6 cm³/mol. The summed E-state index contributed by atoms with van der Waals surface area (Å²) in [5.41, 5.74) is -0.203. The van der Waals surface area contributed by atoms with Crippen LogP contribution in [-0.4, -0.2) is 21.0 Å². The van der Waals surface area contributed by atoms with Crippen molar-refractivity contribution in [3.8, 4) is 0 Å². The average Bonchev–Trinajstić information content (AvgIpc) is 2.24. The van der Waals surface area contributed by atoms with Crippen LogP contribution in [0.25, 0.3) is 0 Å². The number of rotatable bonds is 4. The fourth-order valence-electron chi connectivity index (χ4n) is 1.22. The van der Waals surface area contributed by atoms with Gasteiger partial charge in [0.25, 0.3) is 9.05 Å².